The normalized spacial score (nSPS) is 16.9. The molecule has 2 aromatic rings. The Morgan fingerprint density at radius 1 is 0.975 bits per heavy atom. The minimum Gasteiger partial charge on any atom is -0.382 e. The van der Waals surface area contributed by atoms with Crippen molar-refractivity contribution in [2.24, 2.45) is 0 Å². The van der Waals surface area contributed by atoms with Crippen LogP contribution in [-0.4, -0.2) is 106 Å². The number of hydrogen-bond acceptors (Lipinski definition) is 8. The second-order valence-electron chi connectivity index (χ2n) is 9.71. The van der Waals surface area contributed by atoms with E-state index in [-0.39, 0.29) is 24.3 Å². The van der Waals surface area contributed by atoms with Crippen LogP contribution in [-0.2, 0) is 25.2 Å². The summed E-state index contributed by atoms with van der Waals surface area (Å²) in [4.78, 5) is 35.5. The molecule has 2 aliphatic rings. The van der Waals surface area contributed by atoms with Gasteiger partial charge in [0.05, 0.1) is 37.0 Å². The molecule has 0 atom stereocenters. The predicted molar refractivity (Wildman–Crippen MR) is 144 cm³/mol. The van der Waals surface area contributed by atoms with E-state index in [2.05, 4.69) is 4.98 Å². The first-order chi connectivity index (χ1) is 19.3. The molecule has 3 heterocycles. The van der Waals surface area contributed by atoms with E-state index in [1.807, 2.05) is 4.90 Å². The van der Waals surface area contributed by atoms with E-state index >= 15 is 0 Å². The summed E-state index contributed by atoms with van der Waals surface area (Å²) in [7, 11) is 1.61. The zero-order valence-electron chi connectivity index (χ0n) is 22.5. The first kappa shape index (κ1) is 30.2. The highest BCUT2D eigenvalue weighted by molar-refractivity contribution is 7.09. The minimum atomic E-state index is -4.39. The predicted octanol–water partition coefficient (Wildman–Crippen LogP) is 3.51. The number of aromatic nitrogens is 1. The van der Waals surface area contributed by atoms with Crippen molar-refractivity contribution < 1.29 is 37.0 Å². The SMILES string of the molecule is COCCOCCOCC(=O)N1CCC(c2nc(C(=O)N3CCN(c4cccc(C(F)(F)F)c4)CC3)cs2)CC1. The van der Waals surface area contributed by atoms with Gasteiger partial charge in [-0.3, -0.25) is 9.59 Å². The number of halogens is 3. The lowest BCUT2D eigenvalue weighted by Crippen LogP contribution is -2.49. The summed E-state index contributed by atoms with van der Waals surface area (Å²) in [6.45, 7) is 4.72. The highest BCUT2D eigenvalue weighted by Gasteiger charge is 2.32. The summed E-state index contributed by atoms with van der Waals surface area (Å²) < 4.78 is 54.9. The third-order valence-electron chi connectivity index (χ3n) is 7.07. The Kier molecular flexibility index (Phi) is 10.8. The van der Waals surface area contributed by atoms with Gasteiger partial charge in [-0.2, -0.15) is 13.2 Å². The molecule has 13 heteroatoms. The largest absolute Gasteiger partial charge is 0.416 e. The number of thiazole rings is 1. The summed E-state index contributed by atoms with van der Waals surface area (Å²) in [6.07, 6.45) is -2.86. The van der Waals surface area contributed by atoms with Crippen LogP contribution in [0.15, 0.2) is 29.6 Å². The first-order valence-corrected chi connectivity index (χ1v) is 14.2. The molecule has 0 unspecified atom stereocenters. The van der Waals surface area contributed by atoms with Crippen LogP contribution in [0.5, 0.6) is 0 Å². The standard InChI is InChI=1S/C27H35F3N4O5S/c1-37-13-14-38-15-16-39-18-24(35)33-7-5-20(6-8-33)25-31-23(19-40-25)26(36)34-11-9-32(10-12-34)22-4-2-3-21(17-22)27(28,29)30/h2-4,17,19-20H,5-16,18H2,1H3. The third-order valence-corrected chi connectivity index (χ3v) is 8.08. The molecule has 1 aromatic heterocycles. The molecule has 0 bridgehead atoms. The number of amides is 2. The summed E-state index contributed by atoms with van der Waals surface area (Å²) in [5.41, 5.74) is 0.218. The minimum absolute atomic E-state index is 0.0230. The zero-order chi connectivity index (χ0) is 28.5. The number of carbonyl (C=O) groups excluding carboxylic acids is 2. The Hall–Kier alpha value is -2.74. The molecule has 9 nitrogen and oxygen atoms in total. The molecule has 0 aliphatic carbocycles. The molecule has 40 heavy (non-hydrogen) atoms. The lowest BCUT2D eigenvalue weighted by atomic mass is 9.97. The fourth-order valence-corrected chi connectivity index (χ4v) is 5.74. The van der Waals surface area contributed by atoms with Gasteiger partial charge >= 0.3 is 6.18 Å². The molecule has 2 saturated heterocycles. The Morgan fingerprint density at radius 3 is 2.38 bits per heavy atom. The maximum atomic E-state index is 13.1. The Bertz CT molecular complexity index is 1120. The Labute approximate surface area is 235 Å². The molecule has 2 fully saturated rings. The van der Waals surface area contributed by atoms with Crippen LogP contribution in [0.4, 0.5) is 18.9 Å². The van der Waals surface area contributed by atoms with Crippen molar-refractivity contribution in [1.29, 1.82) is 0 Å². The average Bonchev–Trinajstić information content (AvgIpc) is 3.46. The average molecular weight is 585 g/mol. The molecule has 4 rings (SSSR count). The number of benzene rings is 1. The van der Waals surface area contributed by atoms with Crippen molar-refractivity contribution in [3.63, 3.8) is 0 Å². The molecule has 1 aromatic carbocycles. The number of nitrogens with zero attached hydrogens (tertiary/aromatic N) is 4. The van der Waals surface area contributed by atoms with Gasteiger partial charge in [-0.25, -0.2) is 4.98 Å². The van der Waals surface area contributed by atoms with Crippen molar-refractivity contribution in [2.75, 3.05) is 84.3 Å². The summed E-state index contributed by atoms with van der Waals surface area (Å²) in [5, 5.41) is 2.67. The van der Waals surface area contributed by atoms with Crippen molar-refractivity contribution >= 4 is 28.8 Å². The van der Waals surface area contributed by atoms with E-state index in [9.17, 15) is 22.8 Å². The van der Waals surface area contributed by atoms with Crippen LogP contribution in [0, 0.1) is 0 Å². The van der Waals surface area contributed by atoms with Gasteiger partial charge in [0, 0.05) is 63.4 Å². The van der Waals surface area contributed by atoms with Crippen molar-refractivity contribution in [1.82, 2.24) is 14.8 Å². The van der Waals surface area contributed by atoms with Gasteiger partial charge in [0.2, 0.25) is 5.91 Å². The quantitative estimate of drug-likeness (QED) is 0.374. The van der Waals surface area contributed by atoms with Crippen LogP contribution < -0.4 is 4.90 Å². The number of alkyl halides is 3. The number of piperidine rings is 1. The highest BCUT2D eigenvalue weighted by atomic mass is 32.1. The summed E-state index contributed by atoms with van der Waals surface area (Å²) in [6, 6.07) is 5.27. The van der Waals surface area contributed by atoms with Gasteiger partial charge in [-0.1, -0.05) is 6.07 Å². The molecular weight excluding hydrogens is 549 g/mol. The van der Waals surface area contributed by atoms with E-state index < -0.39 is 11.7 Å². The lowest BCUT2D eigenvalue weighted by Gasteiger charge is -2.36. The monoisotopic (exact) mass is 584 g/mol. The number of likely N-dealkylation sites (tertiary alicyclic amines) is 1. The van der Waals surface area contributed by atoms with Gasteiger partial charge in [0.1, 0.15) is 12.3 Å². The molecule has 0 N–H and O–H groups in total. The number of piperazine rings is 1. The zero-order valence-corrected chi connectivity index (χ0v) is 23.3. The highest BCUT2D eigenvalue weighted by Crippen LogP contribution is 2.33. The van der Waals surface area contributed by atoms with E-state index in [4.69, 9.17) is 14.2 Å². The second-order valence-corrected chi connectivity index (χ2v) is 10.6. The maximum absolute atomic E-state index is 13.1. The van der Waals surface area contributed by atoms with Crippen LogP contribution in [0.3, 0.4) is 0 Å². The summed E-state index contributed by atoms with van der Waals surface area (Å²) >= 11 is 1.46. The van der Waals surface area contributed by atoms with E-state index in [0.717, 1.165) is 30.0 Å². The molecule has 0 spiro atoms. The topological polar surface area (TPSA) is 84.4 Å². The Morgan fingerprint density at radius 2 is 1.68 bits per heavy atom. The van der Waals surface area contributed by atoms with Gasteiger partial charge in [-0.15, -0.1) is 11.3 Å². The van der Waals surface area contributed by atoms with Crippen molar-refractivity contribution in [3.8, 4) is 0 Å². The number of rotatable bonds is 11. The van der Waals surface area contributed by atoms with Crippen LogP contribution in [0.2, 0.25) is 0 Å². The smallest absolute Gasteiger partial charge is 0.382 e. The first-order valence-electron chi connectivity index (χ1n) is 13.4. The van der Waals surface area contributed by atoms with Crippen molar-refractivity contribution in [3.05, 3.63) is 45.9 Å². The third kappa shape index (κ3) is 8.15. The number of anilines is 1. The number of carbonyl (C=O) groups is 2. The van der Waals surface area contributed by atoms with Gasteiger partial charge in [-0.05, 0) is 31.0 Å². The van der Waals surface area contributed by atoms with Gasteiger partial charge in [0.15, 0.2) is 0 Å². The van der Waals surface area contributed by atoms with Gasteiger partial charge < -0.3 is 28.9 Å². The van der Waals surface area contributed by atoms with E-state index in [1.54, 1.807) is 28.4 Å². The number of hydrogen-bond donors (Lipinski definition) is 0. The lowest BCUT2D eigenvalue weighted by molar-refractivity contribution is -0.138. The molecule has 2 aliphatic heterocycles. The van der Waals surface area contributed by atoms with Crippen molar-refractivity contribution in [2.45, 2.75) is 24.9 Å². The summed E-state index contributed by atoms with van der Waals surface area (Å²) in [5.74, 6) is -0.0276. The molecule has 0 saturated carbocycles. The van der Waals surface area contributed by atoms with E-state index in [1.165, 1.54) is 17.4 Å². The molecular formula is C27H35F3N4O5S. The second kappa shape index (κ2) is 14.2. The van der Waals surface area contributed by atoms with Crippen LogP contribution in [0.1, 0.15) is 39.8 Å². The molecule has 220 valence electrons. The fourth-order valence-electron chi connectivity index (χ4n) is 4.77. The number of ether oxygens (including phenoxy) is 3. The van der Waals surface area contributed by atoms with E-state index in [0.29, 0.717) is 77.1 Å². The molecule has 0 radical (unpaired) electrons. The molecule has 2 amide bonds. The fraction of sp³-hybridized carbons (Fsp3) is 0.593. The Balaban J connectivity index is 1.20. The van der Waals surface area contributed by atoms with Gasteiger partial charge in [0.25, 0.3) is 5.91 Å². The van der Waals surface area contributed by atoms with Crippen LogP contribution in [0.25, 0.3) is 0 Å². The number of methoxy groups -OCH3 is 1. The maximum Gasteiger partial charge on any atom is 0.416 e. The van der Waals surface area contributed by atoms with Crippen LogP contribution >= 0.6 is 11.3 Å².